The summed E-state index contributed by atoms with van der Waals surface area (Å²) in [6.45, 7) is 26.8. The van der Waals surface area contributed by atoms with Crippen LogP contribution in [0.4, 0.5) is 0 Å². The van der Waals surface area contributed by atoms with E-state index in [1.54, 1.807) is 63.4 Å². The fraction of sp³-hybridized carbons (Fsp3) is 0.765. The van der Waals surface area contributed by atoms with Crippen LogP contribution in [-0.2, 0) is 55.3 Å². The van der Waals surface area contributed by atoms with Crippen LogP contribution in [0.2, 0.25) is 36.3 Å². The van der Waals surface area contributed by atoms with Crippen LogP contribution in [0, 0.1) is 0 Å². The Kier molecular flexibility index (Phi) is 74.8. The second-order valence-electron chi connectivity index (χ2n) is 17.6. The van der Waals surface area contributed by atoms with Crippen molar-refractivity contribution in [2.24, 2.45) is 30.0 Å². The van der Waals surface area contributed by atoms with Crippen LogP contribution in [0.5, 0.6) is 0 Å². The lowest BCUT2D eigenvalue weighted by Crippen LogP contribution is -2.04. The van der Waals surface area contributed by atoms with Gasteiger partial charge in [-0.15, -0.1) is 0 Å². The Hall–Kier alpha value is -2.90. The summed E-state index contributed by atoms with van der Waals surface area (Å²) < 4.78 is 30.1. The Bertz CT molecular complexity index is 1470. The highest BCUT2D eigenvalue weighted by molar-refractivity contribution is 6.28. The molecule has 0 unspecified atom stereocenters. The van der Waals surface area contributed by atoms with Gasteiger partial charge in [0.2, 0.25) is 0 Å². The zero-order valence-electron chi connectivity index (χ0n) is 50.7. The zero-order valence-corrected chi connectivity index (χ0v) is 59.2. The highest BCUT2D eigenvalue weighted by Crippen LogP contribution is 1.97. The average molecular weight is 1170 g/mol. The van der Waals surface area contributed by atoms with Gasteiger partial charge in [-0.05, 0) is 98.6 Å². The van der Waals surface area contributed by atoms with E-state index in [0.29, 0.717) is 57.8 Å². The molecule has 0 rings (SSSR count). The SMILES string of the molecule is CCC(=O)CC(C)=NCC[SiH2]OC.CCC(=O)CC(C)=NCC[SiH2]OC.CCC(=O)CC(C)=NCC[SiH2]OC.CO[SiH2]CCN=C(C)CC(C)=O.CO[SiH2]CCN=C(C)CC(C)=O.CO[SiH2]CCN=C(C)CC(C)=O. The summed E-state index contributed by atoms with van der Waals surface area (Å²) in [6.07, 6.45) is 4.87. The Morgan fingerprint density at radius 3 is 0.547 bits per heavy atom. The number of aliphatic imine (C=N–C) groups is 6. The normalized spacial score (nSPS) is 12.7. The monoisotopic (exact) mass is 1160 g/mol. The van der Waals surface area contributed by atoms with Gasteiger partial charge in [-0.25, -0.2) is 0 Å². The first kappa shape index (κ1) is 83.4. The van der Waals surface area contributed by atoms with E-state index in [0.717, 1.165) is 110 Å². The maximum atomic E-state index is 11.0. The molecule has 0 N–H and O–H groups in total. The fourth-order valence-electron chi connectivity index (χ4n) is 5.52. The van der Waals surface area contributed by atoms with Crippen molar-refractivity contribution in [1.29, 1.82) is 0 Å². The molecule has 0 fully saturated rings. The highest BCUT2D eigenvalue weighted by Gasteiger charge is 2.03. The number of carbonyl (C=O) groups is 6. The minimum atomic E-state index is -0.346. The average Bonchev–Trinajstić information content (AvgIpc) is 3.35. The number of Topliss-reactive ketones (excluding diaryl/α,β-unsaturated/α-hetero) is 6. The zero-order chi connectivity index (χ0) is 58.5. The van der Waals surface area contributed by atoms with Crippen molar-refractivity contribution >= 4 is 128 Å². The van der Waals surface area contributed by atoms with Gasteiger partial charge in [-0.3, -0.25) is 58.7 Å². The van der Waals surface area contributed by atoms with Crippen LogP contribution in [-0.4, -0.2) is 209 Å². The maximum absolute atomic E-state index is 11.0. The smallest absolute Gasteiger partial charge is 0.162 e. The van der Waals surface area contributed by atoms with Crippen molar-refractivity contribution in [2.75, 3.05) is 81.9 Å². The third kappa shape index (κ3) is 85.3. The number of carbonyl (C=O) groups excluding carboxylic acids is 6. The van der Waals surface area contributed by atoms with Gasteiger partial charge in [0.1, 0.15) is 34.7 Å². The van der Waals surface area contributed by atoms with Crippen LogP contribution < -0.4 is 0 Å². The number of hydrogen-bond donors (Lipinski definition) is 0. The first-order valence-electron chi connectivity index (χ1n) is 26.6. The third-order valence-corrected chi connectivity index (χ3v) is 15.5. The van der Waals surface area contributed by atoms with Crippen molar-refractivity contribution in [3.63, 3.8) is 0 Å². The van der Waals surface area contributed by atoms with Crippen molar-refractivity contribution in [1.82, 2.24) is 0 Å². The summed E-state index contributed by atoms with van der Waals surface area (Å²) in [7, 11) is 8.36. The molecule has 0 radical (unpaired) electrons. The molecule has 0 atom stereocenters. The second-order valence-corrected chi connectivity index (χ2v) is 27.8. The first-order chi connectivity index (χ1) is 35.6. The Labute approximate surface area is 469 Å². The van der Waals surface area contributed by atoms with Crippen molar-refractivity contribution in [3.05, 3.63) is 0 Å². The molecule has 0 bridgehead atoms. The molecule has 0 heterocycles. The molecule has 0 saturated heterocycles. The van der Waals surface area contributed by atoms with Crippen LogP contribution in [0.3, 0.4) is 0 Å². The minimum absolute atomic E-state index is 0.181. The van der Waals surface area contributed by atoms with E-state index < -0.39 is 0 Å². The Morgan fingerprint density at radius 1 is 0.280 bits per heavy atom. The van der Waals surface area contributed by atoms with E-state index in [1.165, 1.54) is 0 Å². The summed E-state index contributed by atoms with van der Waals surface area (Å²) >= 11 is 0. The van der Waals surface area contributed by atoms with Gasteiger partial charge in [0.25, 0.3) is 0 Å². The summed E-state index contributed by atoms with van der Waals surface area (Å²) in [5.74, 6) is 1.35. The van der Waals surface area contributed by atoms with Crippen molar-refractivity contribution in [3.8, 4) is 0 Å². The molecular formula is C51H108N6O12Si6. The molecule has 0 aliphatic carbocycles. The van der Waals surface area contributed by atoms with Gasteiger partial charge in [0.05, 0.1) is 0 Å². The number of ketones is 6. The van der Waals surface area contributed by atoms with Crippen molar-refractivity contribution in [2.45, 2.75) is 177 Å². The quantitative estimate of drug-likeness (QED) is 0.0467. The molecule has 18 nitrogen and oxygen atoms in total. The van der Waals surface area contributed by atoms with Crippen LogP contribution in [0.1, 0.15) is 141 Å². The fourth-order valence-corrected chi connectivity index (χ4v) is 8.98. The topological polar surface area (TPSA) is 232 Å². The van der Waals surface area contributed by atoms with E-state index in [1.807, 2.05) is 62.3 Å². The molecule has 24 heteroatoms. The van der Waals surface area contributed by atoms with Gasteiger partial charge >= 0.3 is 0 Å². The summed E-state index contributed by atoms with van der Waals surface area (Å²) in [5, 5.41) is 0. The van der Waals surface area contributed by atoms with Gasteiger partial charge in [0.15, 0.2) is 58.6 Å². The number of rotatable bonds is 39. The molecule has 438 valence electrons. The lowest BCUT2D eigenvalue weighted by Gasteiger charge is -1.98. The first-order valence-corrected chi connectivity index (χ1v) is 36.0. The summed E-state index contributed by atoms with van der Waals surface area (Å²) in [5.41, 5.74) is 5.68. The Balaban J connectivity index is -0.000000191. The van der Waals surface area contributed by atoms with Crippen LogP contribution in [0.25, 0.3) is 0 Å². The van der Waals surface area contributed by atoms with E-state index in [-0.39, 0.29) is 93.3 Å². The number of nitrogens with zero attached hydrogens (tertiary/aromatic N) is 6. The molecule has 0 aliphatic heterocycles. The standard InChI is InChI=1S/3C9H19NO2Si.3C8H17NO2Si/c3*1-4-9(11)7-8(2)10-5-6-13-12-3;3*1-7(6-8(2)10)9-4-5-12-11-3/h3*4-7,13H2,1-3H3;3*4-6,12H2,1-3H3. The van der Waals surface area contributed by atoms with Crippen LogP contribution in [0.15, 0.2) is 30.0 Å². The summed E-state index contributed by atoms with van der Waals surface area (Å²) in [4.78, 5) is 90.6. The lowest BCUT2D eigenvalue weighted by atomic mass is 10.2. The van der Waals surface area contributed by atoms with E-state index in [9.17, 15) is 28.8 Å². The van der Waals surface area contributed by atoms with Gasteiger partial charge < -0.3 is 26.6 Å². The Morgan fingerprint density at radius 2 is 0.427 bits per heavy atom. The predicted molar refractivity (Wildman–Crippen MR) is 336 cm³/mol. The number of hydrogen-bond acceptors (Lipinski definition) is 18. The predicted octanol–water partition coefficient (Wildman–Crippen LogP) is 4.62. The molecule has 75 heavy (non-hydrogen) atoms. The van der Waals surface area contributed by atoms with E-state index >= 15 is 0 Å². The molecule has 0 amide bonds. The van der Waals surface area contributed by atoms with Gasteiger partial charge in [-0.1, -0.05) is 20.8 Å². The molecule has 0 aromatic heterocycles. The molecule has 0 aromatic carbocycles. The van der Waals surface area contributed by atoms with Gasteiger partial charge in [0, 0.05) is 174 Å². The molecule has 0 aromatic rings. The minimum Gasteiger partial charge on any atom is -0.427 e. The maximum Gasteiger partial charge on any atom is 0.162 e. The molecule has 0 spiro atoms. The highest BCUT2D eigenvalue weighted by atomic mass is 28.2. The molecular weight excluding hydrogens is 1060 g/mol. The van der Waals surface area contributed by atoms with Crippen molar-refractivity contribution < 1.29 is 55.3 Å². The lowest BCUT2D eigenvalue weighted by molar-refractivity contribution is -0.118. The van der Waals surface area contributed by atoms with E-state index in [4.69, 9.17) is 26.6 Å². The third-order valence-electron chi connectivity index (χ3n) is 9.39. The molecule has 0 saturated carbocycles. The summed E-state index contributed by atoms with van der Waals surface area (Å²) in [6, 6.07) is 6.37. The second kappa shape index (κ2) is 67.2. The largest absolute Gasteiger partial charge is 0.427 e. The molecule has 0 aliphatic rings. The van der Waals surface area contributed by atoms with E-state index in [2.05, 4.69) is 30.0 Å². The van der Waals surface area contributed by atoms with Gasteiger partial charge in [-0.2, -0.15) is 0 Å². The van der Waals surface area contributed by atoms with Crippen LogP contribution >= 0.6 is 0 Å².